The van der Waals surface area contributed by atoms with Crippen LogP contribution in [0.3, 0.4) is 0 Å². The van der Waals surface area contributed by atoms with Gasteiger partial charge in [0.05, 0.1) is 0 Å². The van der Waals surface area contributed by atoms with E-state index in [2.05, 4.69) is 19.2 Å². The van der Waals surface area contributed by atoms with Crippen molar-refractivity contribution in [2.24, 2.45) is 11.3 Å². The minimum Gasteiger partial charge on any atom is -0.313 e. The Labute approximate surface area is 69.6 Å². The molecule has 0 aromatic rings. The first kappa shape index (κ1) is 7.60. The van der Waals surface area contributed by atoms with Gasteiger partial charge in [0, 0.05) is 6.04 Å². The molecule has 0 aromatic heterocycles. The topological polar surface area (TPSA) is 12.0 Å². The van der Waals surface area contributed by atoms with E-state index in [9.17, 15) is 0 Å². The van der Waals surface area contributed by atoms with Crippen molar-refractivity contribution in [3.05, 3.63) is 0 Å². The third-order valence-electron chi connectivity index (χ3n) is 3.33. The molecular formula is C10H19N. The van der Waals surface area contributed by atoms with Crippen LogP contribution < -0.4 is 5.32 Å². The third kappa shape index (κ3) is 1.31. The van der Waals surface area contributed by atoms with E-state index in [-0.39, 0.29) is 0 Å². The SMILES string of the molecule is CC(C)CNC1CCC12CC2. The minimum atomic E-state index is 0.811. The Balaban J connectivity index is 1.71. The zero-order chi connectivity index (χ0) is 7.90. The van der Waals surface area contributed by atoms with E-state index in [0.717, 1.165) is 17.4 Å². The van der Waals surface area contributed by atoms with E-state index in [1.165, 1.54) is 32.2 Å². The number of nitrogens with one attached hydrogen (secondary N) is 1. The summed E-state index contributed by atoms with van der Waals surface area (Å²) in [5.41, 5.74) is 0.814. The number of rotatable bonds is 3. The second-order valence-electron chi connectivity index (χ2n) is 4.76. The fourth-order valence-electron chi connectivity index (χ4n) is 2.15. The fourth-order valence-corrected chi connectivity index (χ4v) is 2.15. The first-order valence-electron chi connectivity index (χ1n) is 4.96. The summed E-state index contributed by atoms with van der Waals surface area (Å²) in [6.45, 7) is 5.78. The van der Waals surface area contributed by atoms with Crippen LogP contribution in [0.5, 0.6) is 0 Å². The van der Waals surface area contributed by atoms with Crippen LogP contribution in [0, 0.1) is 11.3 Å². The first-order chi connectivity index (χ1) is 5.23. The summed E-state index contributed by atoms with van der Waals surface area (Å²) >= 11 is 0. The Bertz CT molecular complexity index is 147. The van der Waals surface area contributed by atoms with E-state index >= 15 is 0 Å². The maximum atomic E-state index is 3.67. The van der Waals surface area contributed by atoms with Crippen molar-refractivity contribution in [1.29, 1.82) is 0 Å². The van der Waals surface area contributed by atoms with Crippen LogP contribution in [-0.2, 0) is 0 Å². The van der Waals surface area contributed by atoms with Gasteiger partial charge >= 0.3 is 0 Å². The molecule has 0 radical (unpaired) electrons. The van der Waals surface area contributed by atoms with Crippen LogP contribution in [0.1, 0.15) is 39.5 Å². The molecule has 1 heteroatoms. The van der Waals surface area contributed by atoms with Gasteiger partial charge in [-0.3, -0.25) is 0 Å². The number of hydrogen-bond donors (Lipinski definition) is 1. The molecule has 11 heavy (non-hydrogen) atoms. The molecule has 1 atom stereocenters. The van der Waals surface area contributed by atoms with Crippen molar-refractivity contribution in [2.75, 3.05) is 6.54 Å². The average molecular weight is 153 g/mol. The standard InChI is InChI=1S/C10H19N/c1-8(2)7-11-9-3-4-10(9)5-6-10/h8-9,11H,3-7H2,1-2H3. The molecule has 2 aliphatic rings. The highest BCUT2D eigenvalue weighted by Gasteiger charge is 2.54. The van der Waals surface area contributed by atoms with Gasteiger partial charge in [-0.2, -0.15) is 0 Å². The second-order valence-corrected chi connectivity index (χ2v) is 4.76. The molecule has 0 aromatic carbocycles. The molecular weight excluding hydrogens is 134 g/mol. The maximum Gasteiger partial charge on any atom is 0.0124 e. The summed E-state index contributed by atoms with van der Waals surface area (Å²) in [6, 6.07) is 0.893. The smallest absolute Gasteiger partial charge is 0.0124 e. The molecule has 1 N–H and O–H groups in total. The highest BCUT2D eigenvalue weighted by atomic mass is 15.0. The highest BCUT2D eigenvalue weighted by Crippen LogP contribution is 2.60. The summed E-state index contributed by atoms with van der Waals surface area (Å²) in [7, 11) is 0. The number of hydrogen-bond acceptors (Lipinski definition) is 1. The van der Waals surface area contributed by atoms with Gasteiger partial charge in [-0.25, -0.2) is 0 Å². The lowest BCUT2D eigenvalue weighted by molar-refractivity contribution is 0.180. The predicted molar refractivity (Wildman–Crippen MR) is 47.5 cm³/mol. The highest BCUT2D eigenvalue weighted by molar-refractivity contribution is 5.09. The molecule has 2 saturated carbocycles. The molecule has 0 amide bonds. The molecule has 1 nitrogen and oxygen atoms in total. The van der Waals surface area contributed by atoms with Crippen LogP contribution in [0.15, 0.2) is 0 Å². The van der Waals surface area contributed by atoms with Gasteiger partial charge in [0.2, 0.25) is 0 Å². The summed E-state index contributed by atoms with van der Waals surface area (Å²) in [5, 5.41) is 3.67. The quantitative estimate of drug-likeness (QED) is 0.655. The molecule has 0 saturated heterocycles. The third-order valence-corrected chi connectivity index (χ3v) is 3.33. The second kappa shape index (κ2) is 2.48. The van der Waals surface area contributed by atoms with Crippen LogP contribution in [-0.4, -0.2) is 12.6 Å². The van der Waals surface area contributed by atoms with E-state index in [1.54, 1.807) is 0 Å². The van der Waals surface area contributed by atoms with Gasteiger partial charge in [-0.1, -0.05) is 13.8 Å². The van der Waals surface area contributed by atoms with Crippen molar-refractivity contribution in [2.45, 2.75) is 45.6 Å². The van der Waals surface area contributed by atoms with E-state index in [4.69, 9.17) is 0 Å². The van der Waals surface area contributed by atoms with Gasteiger partial charge in [0.25, 0.3) is 0 Å². The van der Waals surface area contributed by atoms with Crippen LogP contribution in [0.2, 0.25) is 0 Å². The van der Waals surface area contributed by atoms with Crippen LogP contribution in [0.25, 0.3) is 0 Å². The normalized spacial score (nSPS) is 32.5. The zero-order valence-electron chi connectivity index (χ0n) is 7.69. The monoisotopic (exact) mass is 153 g/mol. The fraction of sp³-hybridized carbons (Fsp3) is 1.00. The lowest BCUT2D eigenvalue weighted by atomic mass is 9.76. The van der Waals surface area contributed by atoms with Crippen molar-refractivity contribution in [3.63, 3.8) is 0 Å². The summed E-state index contributed by atoms with van der Waals surface area (Å²) in [5.74, 6) is 0.811. The molecule has 1 unspecified atom stereocenters. The molecule has 0 heterocycles. The molecule has 2 aliphatic carbocycles. The van der Waals surface area contributed by atoms with Gasteiger partial charge in [0.1, 0.15) is 0 Å². The lowest BCUT2D eigenvalue weighted by Crippen LogP contribution is -2.46. The summed E-state index contributed by atoms with van der Waals surface area (Å²) in [4.78, 5) is 0. The first-order valence-corrected chi connectivity index (χ1v) is 4.96. The minimum absolute atomic E-state index is 0.811. The van der Waals surface area contributed by atoms with Gasteiger partial charge in [0.15, 0.2) is 0 Å². The molecule has 1 spiro atoms. The largest absolute Gasteiger partial charge is 0.313 e. The van der Waals surface area contributed by atoms with Crippen molar-refractivity contribution >= 4 is 0 Å². The van der Waals surface area contributed by atoms with Crippen LogP contribution >= 0.6 is 0 Å². The predicted octanol–water partition coefficient (Wildman–Crippen LogP) is 2.17. The van der Waals surface area contributed by atoms with E-state index in [0.29, 0.717) is 0 Å². The van der Waals surface area contributed by atoms with E-state index in [1.807, 2.05) is 0 Å². The Morgan fingerprint density at radius 1 is 1.36 bits per heavy atom. The van der Waals surface area contributed by atoms with Gasteiger partial charge in [-0.05, 0) is 43.6 Å². The van der Waals surface area contributed by atoms with Crippen molar-refractivity contribution in [1.82, 2.24) is 5.32 Å². The van der Waals surface area contributed by atoms with Crippen molar-refractivity contribution < 1.29 is 0 Å². The molecule has 64 valence electrons. The van der Waals surface area contributed by atoms with Gasteiger partial charge in [-0.15, -0.1) is 0 Å². The maximum absolute atomic E-state index is 3.67. The molecule has 2 rings (SSSR count). The summed E-state index contributed by atoms with van der Waals surface area (Å²) < 4.78 is 0. The van der Waals surface area contributed by atoms with Crippen molar-refractivity contribution in [3.8, 4) is 0 Å². The van der Waals surface area contributed by atoms with E-state index < -0.39 is 0 Å². The zero-order valence-corrected chi connectivity index (χ0v) is 7.69. The molecule has 2 fully saturated rings. The molecule has 0 bridgehead atoms. The Hall–Kier alpha value is -0.0400. The lowest BCUT2D eigenvalue weighted by Gasteiger charge is -2.38. The van der Waals surface area contributed by atoms with Crippen LogP contribution in [0.4, 0.5) is 0 Å². The Morgan fingerprint density at radius 3 is 2.45 bits per heavy atom. The Morgan fingerprint density at radius 2 is 2.09 bits per heavy atom. The van der Waals surface area contributed by atoms with Gasteiger partial charge < -0.3 is 5.32 Å². The Kier molecular flexibility index (Phi) is 1.71. The molecule has 0 aliphatic heterocycles. The average Bonchev–Trinajstić information content (AvgIpc) is 2.64. The summed E-state index contributed by atoms with van der Waals surface area (Å²) in [6.07, 6.45) is 5.95.